The number of thiophene rings is 1. The van der Waals surface area contributed by atoms with Gasteiger partial charge >= 0.3 is 0 Å². The second kappa shape index (κ2) is 6.90. The fourth-order valence-electron chi connectivity index (χ4n) is 3.97. The quantitative estimate of drug-likeness (QED) is 0.919. The van der Waals surface area contributed by atoms with Crippen molar-refractivity contribution in [2.45, 2.75) is 31.3 Å². The lowest BCUT2D eigenvalue weighted by Gasteiger charge is -2.44. The third kappa shape index (κ3) is 3.12. The number of piperidine rings is 1. The second-order valence-corrected chi connectivity index (χ2v) is 7.96. The number of ether oxygens (including phenoxy) is 1. The number of hydrogen-bond donors (Lipinski definition) is 1. The van der Waals surface area contributed by atoms with E-state index < -0.39 is 0 Å². The lowest BCUT2D eigenvalue weighted by atomic mass is 9.82. The van der Waals surface area contributed by atoms with Gasteiger partial charge in [-0.2, -0.15) is 0 Å². The predicted molar refractivity (Wildman–Crippen MR) is 101 cm³/mol. The second-order valence-electron chi connectivity index (χ2n) is 6.83. The zero-order valence-corrected chi connectivity index (χ0v) is 15.2. The molecule has 2 aliphatic rings. The number of nitrogens with zero attached hydrogens (tertiary/aromatic N) is 1. The third-order valence-corrected chi connectivity index (χ3v) is 6.59. The van der Waals surface area contributed by atoms with Crippen molar-refractivity contribution in [3.8, 4) is 10.4 Å². The molecule has 1 fully saturated rings. The summed E-state index contributed by atoms with van der Waals surface area (Å²) in [6, 6.07) is 12.9. The van der Waals surface area contributed by atoms with Crippen molar-refractivity contribution < 1.29 is 9.53 Å². The number of benzene rings is 1. The Labute approximate surface area is 152 Å². The highest BCUT2D eigenvalue weighted by atomic mass is 32.1. The van der Waals surface area contributed by atoms with Crippen LogP contribution < -0.4 is 5.73 Å². The number of amides is 1. The normalized spacial score (nSPS) is 19.0. The third-order valence-electron chi connectivity index (χ3n) is 5.35. The van der Waals surface area contributed by atoms with Crippen molar-refractivity contribution in [2.75, 3.05) is 26.2 Å². The molecular weight excluding hydrogens is 332 g/mol. The molecule has 1 amide bonds. The van der Waals surface area contributed by atoms with Crippen molar-refractivity contribution >= 4 is 17.2 Å². The van der Waals surface area contributed by atoms with Gasteiger partial charge in [0.1, 0.15) is 0 Å². The molecular formula is C20H24N2O2S. The molecule has 4 nitrogen and oxygen atoms in total. The summed E-state index contributed by atoms with van der Waals surface area (Å²) in [5.41, 5.74) is 7.94. The number of hydrogen-bond acceptors (Lipinski definition) is 4. The van der Waals surface area contributed by atoms with E-state index in [-0.39, 0.29) is 11.5 Å². The van der Waals surface area contributed by atoms with Gasteiger partial charge in [-0.05, 0) is 30.0 Å². The van der Waals surface area contributed by atoms with Crippen molar-refractivity contribution in [1.82, 2.24) is 4.90 Å². The monoisotopic (exact) mass is 356 g/mol. The first-order valence-corrected chi connectivity index (χ1v) is 9.84. The number of rotatable bonds is 3. The molecule has 3 heterocycles. The minimum Gasteiger partial charge on any atom is -0.370 e. The summed E-state index contributed by atoms with van der Waals surface area (Å²) < 4.78 is 6.31. The fraction of sp³-hybridized carbons (Fsp3) is 0.450. The predicted octanol–water partition coefficient (Wildman–Crippen LogP) is 3.15. The Balaban J connectivity index is 1.58. The van der Waals surface area contributed by atoms with Gasteiger partial charge in [0.05, 0.1) is 12.2 Å². The topological polar surface area (TPSA) is 55.6 Å². The highest BCUT2D eigenvalue weighted by Gasteiger charge is 2.42. The zero-order chi connectivity index (χ0) is 17.3. The Morgan fingerprint density at radius 1 is 1.24 bits per heavy atom. The largest absolute Gasteiger partial charge is 0.370 e. The average Bonchev–Trinajstić information content (AvgIpc) is 3.09. The van der Waals surface area contributed by atoms with Crippen molar-refractivity contribution in [3.63, 3.8) is 0 Å². The fourth-order valence-corrected chi connectivity index (χ4v) is 5.21. The van der Waals surface area contributed by atoms with Gasteiger partial charge in [0.15, 0.2) is 0 Å². The van der Waals surface area contributed by atoms with Gasteiger partial charge in [0.2, 0.25) is 5.91 Å². The molecule has 2 aliphatic heterocycles. The first kappa shape index (κ1) is 16.8. The average molecular weight is 356 g/mol. The Hall–Kier alpha value is -1.69. The maximum atomic E-state index is 12.1. The minimum absolute atomic E-state index is 0.170. The molecule has 1 aromatic heterocycles. The molecule has 0 aliphatic carbocycles. The molecule has 25 heavy (non-hydrogen) atoms. The van der Waals surface area contributed by atoms with Gasteiger partial charge in [-0.3, -0.25) is 4.79 Å². The molecule has 0 radical (unpaired) electrons. The van der Waals surface area contributed by atoms with Crippen LogP contribution in [0.1, 0.15) is 29.7 Å². The lowest BCUT2D eigenvalue weighted by Crippen LogP contribution is -2.48. The molecule has 2 N–H and O–H groups in total. The molecule has 0 saturated carbocycles. The van der Waals surface area contributed by atoms with Crippen LogP contribution in [0.2, 0.25) is 0 Å². The van der Waals surface area contributed by atoms with Gasteiger partial charge in [-0.25, -0.2) is 0 Å². The number of nitrogens with two attached hydrogens (primary N) is 1. The van der Waals surface area contributed by atoms with E-state index in [2.05, 4.69) is 36.4 Å². The highest BCUT2D eigenvalue weighted by molar-refractivity contribution is 7.15. The minimum atomic E-state index is -0.212. The first-order valence-electron chi connectivity index (χ1n) is 9.02. The lowest BCUT2D eigenvalue weighted by molar-refractivity contribution is -0.140. The van der Waals surface area contributed by atoms with Crippen LogP contribution in [0.4, 0.5) is 0 Å². The number of fused-ring (bicyclic) bond motifs is 2. The Kier molecular flexibility index (Phi) is 4.63. The highest BCUT2D eigenvalue weighted by Crippen LogP contribution is 2.46. The number of likely N-dealkylation sites (tertiary alicyclic amines) is 1. The Morgan fingerprint density at radius 2 is 2.00 bits per heavy atom. The molecule has 1 spiro atoms. The zero-order valence-electron chi connectivity index (χ0n) is 14.4. The number of carbonyl (C=O) groups is 1. The summed E-state index contributed by atoms with van der Waals surface area (Å²) in [4.78, 5) is 16.8. The van der Waals surface area contributed by atoms with Gasteiger partial charge in [-0.15, -0.1) is 11.3 Å². The Bertz CT molecular complexity index is 748. The molecule has 0 unspecified atom stereocenters. The molecule has 1 saturated heterocycles. The van der Waals surface area contributed by atoms with Crippen LogP contribution in [0, 0.1) is 0 Å². The Morgan fingerprint density at radius 3 is 2.72 bits per heavy atom. The van der Waals surface area contributed by atoms with E-state index in [1.54, 1.807) is 0 Å². The van der Waals surface area contributed by atoms with Crippen molar-refractivity contribution in [1.29, 1.82) is 0 Å². The van der Waals surface area contributed by atoms with Crippen molar-refractivity contribution in [2.24, 2.45) is 5.73 Å². The molecule has 2 aromatic rings. The van der Waals surface area contributed by atoms with E-state index in [0.717, 1.165) is 39.0 Å². The summed E-state index contributed by atoms with van der Waals surface area (Å²) in [7, 11) is 0. The molecule has 132 valence electrons. The van der Waals surface area contributed by atoms with E-state index in [1.807, 2.05) is 16.2 Å². The van der Waals surface area contributed by atoms with Crippen LogP contribution in [0.15, 0.2) is 36.4 Å². The van der Waals surface area contributed by atoms with Crippen LogP contribution in [0.25, 0.3) is 10.4 Å². The standard InChI is InChI=1S/C20H24N2O2S/c21-10-6-19(23)22-11-8-20(9-12-22)16-14-18(15-4-2-1-3-5-15)25-17(16)7-13-24-20/h1-5,14H,6-13,21H2. The summed E-state index contributed by atoms with van der Waals surface area (Å²) in [5.74, 6) is 0.170. The number of carbonyl (C=O) groups excluding carboxylic acids is 1. The maximum Gasteiger partial charge on any atom is 0.223 e. The van der Waals surface area contributed by atoms with Gasteiger partial charge in [0, 0.05) is 42.2 Å². The van der Waals surface area contributed by atoms with Crippen LogP contribution >= 0.6 is 11.3 Å². The van der Waals surface area contributed by atoms with Gasteiger partial charge in [-0.1, -0.05) is 30.3 Å². The summed E-state index contributed by atoms with van der Waals surface area (Å²) in [5, 5.41) is 0. The van der Waals surface area contributed by atoms with Crippen molar-refractivity contribution in [3.05, 3.63) is 46.8 Å². The molecule has 5 heteroatoms. The van der Waals surface area contributed by atoms with Crippen LogP contribution in [-0.2, 0) is 21.6 Å². The molecule has 0 bridgehead atoms. The van der Waals surface area contributed by atoms with Crippen LogP contribution in [0.3, 0.4) is 0 Å². The SMILES string of the molecule is NCCC(=O)N1CCC2(CC1)OCCc1sc(-c3ccccc3)cc12. The summed E-state index contributed by atoms with van der Waals surface area (Å²) in [6.45, 7) is 2.72. The first-order chi connectivity index (χ1) is 12.2. The maximum absolute atomic E-state index is 12.1. The van der Waals surface area contributed by atoms with E-state index in [1.165, 1.54) is 20.9 Å². The smallest absolute Gasteiger partial charge is 0.223 e. The van der Waals surface area contributed by atoms with Gasteiger partial charge < -0.3 is 15.4 Å². The van der Waals surface area contributed by atoms with E-state index in [9.17, 15) is 4.79 Å². The van der Waals surface area contributed by atoms with E-state index in [4.69, 9.17) is 10.5 Å². The van der Waals surface area contributed by atoms with Crippen LogP contribution in [0.5, 0.6) is 0 Å². The van der Waals surface area contributed by atoms with E-state index in [0.29, 0.717) is 13.0 Å². The molecule has 4 rings (SSSR count). The van der Waals surface area contributed by atoms with Gasteiger partial charge in [0.25, 0.3) is 0 Å². The summed E-state index contributed by atoms with van der Waals surface area (Å²) in [6.07, 6.45) is 3.18. The molecule has 1 aromatic carbocycles. The molecule has 0 atom stereocenters. The summed E-state index contributed by atoms with van der Waals surface area (Å²) >= 11 is 1.89. The van der Waals surface area contributed by atoms with E-state index >= 15 is 0 Å². The van der Waals surface area contributed by atoms with Crippen LogP contribution in [-0.4, -0.2) is 37.0 Å².